The quantitative estimate of drug-likeness (QED) is 0.252. The molecule has 1 aliphatic heterocycles. The van der Waals surface area contributed by atoms with Crippen molar-refractivity contribution in [2.45, 2.75) is 57.0 Å². The number of benzene rings is 2. The predicted octanol–water partition coefficient (Wildman–Crippen LogP) is 5.42. The van der Waals surface area contributed by atoms with E-state index in [9.17, 15) is 36.2 Å². The number of aliphatic hydroxyl groups is 1. The Labute approximate surface area is 222 Å². The number of rotatable bonds is 11. The van der Waals surface area contributed by atoms with Gasteiger partial charge in [-0.25, -0.2) is 0 Å². The van der Waals surface area contributed by atoms with Crippen LogP contribution in [0.4, 0.5) is 26.3 Å². The van der Waals surface area contributed by atoms with Crippen LogP contribution in [0.5, 0.6) is 0 Å². The number of aliphatic hydroxyl groups excluding tert-OH is 1. The molecule has 0 spiro atoms. The molecule has 1 saturated heterocycles. The highest BCUT2D eigenvalue weighted by molar-refractivity contribution is 5.79. The molecule has 12 heteroatoms. The Kier molecular flexibility index (Phi) is 10.8. The summed E-state index contributed by atoms with van der Waals surface area (Å²) in [6.45, 7) is 0.474. The Bertz CT molecular complexity index is 1020. The van der Waals surface area contributed by atoms with Crippen LogP contribution in [0.3, 0.4) is 0 Å². The van der Waals surface area contributed by atoms with E-state index in [4.69, 9.17) is 5.21 Å². The average molecular weight is 563 g/mol. The molecule has 0 radical (unpaired) electrons. The maximum Gasteiger partial charge on any atom is 0.416 e. The van der Waals surface area contributed by atoms with Gasteiger partial charge >= 0.3 is 12.4 Å². The van der Waals surface area contributed by atoms with Crippen molar-refractivity contribution in [1.82, 2.24) is 10.5 Å². The van der Waals surface area contributed by atoms with Crippen LogP contribution in [0.1, 0.15) is 47.9 Å². The summed E-state index contributed by atoms with van der Waals surface area (Å²) in [6, 6.07) is 11.4. The van der Waals surface area contributed by atoms with Crippen molar-refractivity contribution in [1.29, 1.82) is 0 Å². The lowest BCUT2D eigenvalue weighted by Gasteiger charge is -2.35. The number of piperidine rings is 1. The molecule has 0 aromatic heterocycles. The molecule has 1 heterocycles. The van der Waals surface area contributed by atoms with E-state index in [-0.39, 0.29) is 36.8 Å². The number of amides is 1. The summed E-state index contributed by atoms with van der Waals surface area (Å²) in [5.74, 6) is -1.01. The first-order valence-corrected chi connectivity index (χ1v) is 12.7. The average Bonchev–Trinajstić information content (AvgIpc) is 2.89. The first-order chi connectivity index (χ1) is 18.4. The summed E-state index contributed by atoms with van der Waals surface area (Å²) in [7, 11) is 0. The van der Waals surface area contributed by atoms with Gasteiger partial charge in [-0.3, -0.25) is 14.8 Å². The van der Waals surface area contributed by atoms with Crippen LogP contribution in [-0.2, 0) is 34.8 Å². The minimum Gasteiger partial charge on any atom is -0.390 e. The minimum absolute atomic E-state index is 0.00364. The van der Waals surface area contributed by atoms with Gasteiger partial charge < -0.3 is 10.0 Å². The Balaban J connectivity index is 1.65. The first kappa shape index (κ1) is 30.9. The molecule has 2 aromatic rings. The van der Waals surface area contributed by atoms with Gasteiger partial charge in [0.25, 0.3) is 0 Å². The lowest BCUT2D eigenvalue weighted by Crippen LogP contribution is -2.46. The number of alkyl halides is 6. The van der Waals surface area contributed by atoms with Gasteiger partial charge in [0.15, 0.2) is 0 Å². The van der Waals surface area contributed by atoms with E-state index in [1.807, 2.05) is 30.3 Å². The van der Waals surface area contributed by atoms with E-state index in [0.29, 0.717) is 31.1 Å². The number of halogens is 6. The molecule has 3 rings (SSSR count). The van der Waals surface area contributed by atoms with E-state index in [0.717, 1.165) is 19.3 Å². The normalized spacial score (nSPS) is 16.8. The van der Waals surface area contributed by atoms with Crippen LogP contribution in [0.25, 0.3) is 0 Å². The fourth-order valence-electron chi connectivity index (χ4n) is 4.95. The SMILES string of the molecule is O=C([C@H](CCCc1cc(C(F)(F)F)cc(C(F)(F)F)c1)[C@H](O)CONO)N1CCC(Cc2ccccc2)CC1. The summed E-state index contributed by atoms with van der Waals surface area (Å²) in [5.41, 5.74) is -0.350. The van der Waals surface area contributed by atoms with Crippen LogP contribution < -0.4 is 5.64 Å². The molecule has 216 valence electrons. The van der Waals surface area contributed by atoms with Crippen LogP contribution in [0.15, 0.2) is 48.5 Å². The summed E-state index contributed by atoms with van der Waals surface area (Å²) in [5, 5.41) is 19.2. The fraction of sp³-hybridized carbons (Fsp3) is 0.519. The Morgan fingerprint density at radius 2 is 1.56 bits per heavy atom. The van der Waals surface area contributed by atoms with Gasteiger partial charge in [-0.05, 0) is 73.8 Å². The third kappa shape index (κ3) is 9.20. The van der Waals surface area contributed by atoms with Crippen LogP contribution in [0, 0.1) is 11.8 Å². The van der Waals surface area contributed by atoms with Crippen molar-refractivity contribution < 1.29 is 46.3 Å². The minimum atomic E-state index is -4.95. The molecule has 0 aliphatic carbocycles. The van der Waals surface area contributed by atoms with Gasteiger partial charge in [-0.15, -0.1) is 0 Å². The summed E-state index contributed by atoms with van der Waals surface area (Å²) < 4.78 is 79.1. The molecule has 6 nitrogen and oxygen atoms in total. The Morgan fingerprint density at radius 3 is 2.10 bits per heavy atom. The van der Waals surface area contributed by atoms with E-state index in [1.165, 1.54) is 11.2 Å². The van der Waals surface area contributed by atoms with E-state index < -0.39 is 42.1 Å². The van der Waals surface area contributed by atoms with Gasteiger partial charge in [0.1, 0.15) is 0 Å². The van der Waals surface area contributed by atoms with Crippen LogP contribution >= 0.6 is 0 Å². The van der Waals surface area contributed by atoms with Crippen molar-refractivity contribution in [2.75, 3.05) is 19.7 Å². The second-order valence-corrected chi connectivity index (χ2v) is 9.84. The number of likely N-dealkylation sites (tertiary alicyclic amines) is 1. The zero-order chi connectivity index (χ0) is 28.6. The summed E-state index contributed by atoms with van der Waals surface area (Å²) in [6.07, 6.45) is -9.00. The molecule has 2 aromatic carbocycles. The van der Waals surface area contributed by atoms with E-state index in [1.54, 1.807) is 4.90 Å². The molecule has 2 atom stereocenters. The van der Waals surface area contributed by atoms with Crippen molar-refractivity contribution in [3.05, 3.63) is 70.8 Å². The third-order valence-electron chi connectivity index (χ3n) is 7.02. The lowest BCUT2D eigenvalue weighted by atomic mass is 9.88. The molecule has 1 amide bonds. The molecule has 39 heavy (non-hydrogen) atoms. The van der Waals surface area contributed by atoms with Crippen LogP contribution in [-0.4, -0.2) is 46.9 Å². The summed E-state index contributed by atoms with van der Waals surface area (Å²) in [4.78, 5) is 19.5. The number of nitrogens with one attached hydrogen (secondary N) is 1. The molecular weight excluding hydrogens is 530 g/mol. The lowest BCUT2D eigenvalue weighted by molar-refractivity contribution is -0.163. The molecule has 1 aliphatic rings. The molecule has 0 unspecified atom stereocenters. The summed E-state index contributed by atoms with van der Waals surface area (Å²) >= 11 is 0. The van der Waals surface area contributed by atoms with E-state index in [2.05, 4.69) is 4.84 Å². The highest BCUT2D eigenvalue weighted by Gasteiger charge is 2.37. The van der Waals surface area contributed by atoms with Gasteiger partial charge in [-0.1, -0.05) is 36.0 Å². The van der Waals surface area contributed by atoms with E-state index >= 15 is 0 Å². The second kappa shape index (κ2) is 13.6. The maximum absolute atomic E-state index is 13.3. The number of hydrogen-bond donors (Lipinski definition) is 3. The number of aryl methyl sites for hydroxylation is 1. The number of carbonyl (C=O) groups excluding carboxylic acids is 1. The third-order valence-corrected chi connectivity index (χ3v) is 7.02. The molecule has 1 fully saturated rings. The fourth-order valence-corrected chi connectivity index (χ4v) is 4.95. The second-order valence-electron chi connectivity index (χ2n) is 9.84. The van der Waals surface area contributed by atoms with Gasteiger partial charge in [0, 0.05) is 13.1 Å². The maximum atomic E-state index is 13.3. The highest BCUT2D eigenvalue weighted by atomic mass is 19.4. The zero-order valence-corrected chi connectivity index (χ0v) is 21.1. The topological polar surface area (TPSA) is 82.0 Å². The van der Waals surface area contributed by atoms with Gasteiger partial charge in [-0.2, -0.15) is 26.3 Å². The Hall–Kier alpha value is -2.67. The predicted molar refractivity (Wildman–Crippen MR) is 129 cm³/mol. The largest absolute Gasteiger partial charge is 0.416 e. The molecule has 3 N–H and O–H groups in total. The van der Waals surface area contributed by atoms with Gasteiger partial charge in [0.2, 0.25) is 5.91 Å². The van der Waals surface area contributed by atoms with Crippen molar-refractivity contribution in [3.63, 3.8) is 0 Å². The smallest absolute Gasteiger partial charge is 0.390 e. The molecule has 0 bridgehead atoms. The highest BCUT2D eigenvalue weighted by Crippen LogP contribution is 2.37. The van der Waals surface area contributed by atoms with Crippen molar-refractivity contribution >= 4 is 5.91 Å². The number of nitrogens with zero attached hydrogens (tertiary/aromatic N) is 1. The van der Waals surface area contributed by atoms with Crippen molar-refractivity contribution in [2.24, 2.45) is 11.8 Å². The van der Waals surface area contributed by atoms with Crippen molar-refractivity contribution in [3.8, 4) is 0 Å². The number of carbonyl (C=O) groups is 1. The Morgan fingerprint density at radius 1 is 0.974 bits per heavy atom. The van der Waals surface area contributed by atoms with Gasteiger partial charge in [0.05, 0.1) is 29.8 Å². The molecular formula is C27H32F6N2O4. The monoisotopic (exact) mass is 562 g/mol. The molecule has 0 saturated carbocycles. The number of hydrogen-bond acceptors (Lipinski definition) is 5. The standard InChI is InChI=1S/C27H32F6N2O4/c28-26(29,30)21-14-20(15-22(16-21)27(31,32)33)7-4-8-23(24(36)17-39-34-38)25(37)35-11-9-19(10-12-35)13-18-5-2-1-3-6-18/h1-3,5-6,14-16,19,23-24,34,36,38H,4,7-13,17H2/t23-,24-/m1/s1. The zero-order valence-electron chi connectivity index (χ0n) is 21.1. The van der Waals surface area contributed by atoms with Crippen LogP contribution in [0.2, 0.25) is 0 Å². The first-order valence-electron chi connectivity index (χ1n) is 12.7.